The second-order valence-corrected chi connectivity index (χ2v) is 10.2. The highest BCUT2D eigenvalue weighted by Crippen LogP contribution is 2.47. The SMILES string of the molecule is CP(=O)(CC[C@H]1C(=O)OCN1C(=O)OCc1ccccc1)OC1CCCCC1. The summed E-state index contributed by atoms with van der Waals surface area (Å²) in [5, 5.41) is 0. The van der Waals surface area contributed by atoms with Gasteiger partial charge in [-0.25, -0.2) is 9.59 Å². The summed E-state index contributed by atoms with van der Waals surface area (Å²) in [7, 11) is -2.85. The smallest absolute Gasteiger partial charge is 0.413 e. The highest BCUT2D eigenvalue weighted by atomic mass is 31.2. The zero-order valence-electron chi connectivity index (χ0n) is 16.2. The van der Waals surface area contributed by atoms with E-state index in [0.29, 0.717) is 0 Å². The molecule has 0 bridgehead atoms. The number of hydrogen-bond acceptors (Lipinski definition) is 6. The Kier molecular flexibility index (Phi) is 7.13. The van der Waals surface area contributed by atoms with Crippen molar-refractivity contribution in [2.45, 2.75) is 57.3 Å². The van der Waals surface area contributed by atoms with Crippen LogP contribution in [0.25, 0.3) is 0 Å². The number of carbonyl (C=O) groups excluding carboxylic acids is 2. The van der Waals surface area contributed by atoms with Gasteiger partial charge in [-0.3, -0.25) is 9.46 Å². The fourth-order valence-electron chi connectivity index (χ4n) is 3.60. The molecule has 154 valence electrons. The highest BCUT2D eigenvalue weighted by Gasteiger charge is 2.40. The molecule has 1 aliphatic heterocycles. The Bertz CT molecular complexity index is 719. The summed E-state index contributed by atoms with van der Waals surface area (Å²) in [4.78, 5) is 25.7. The molecule has 0 aromatic heterocycles. The van der Waals surface area contributed by atoms with Gasteiger partial charge in [-0.05, 0) is 24.8 Å². The van der Waals surface area contributed by atoms with Crippen LogP contribution < -0.4 is 0 Å². The molecule has 2 fully saturated rings. The number of carbonyl (C=O) groups is 2. The topological polar surface area (TPSA) is 82.1 Å². The second kappa shape index (κ2) is 9.57. The van der Waals surface area contributed by atoms with Crippen molar-refractivity contribution in [2.24, 2.45) is 0 Å². The van der Waals surface area contributed by atoms with Gasteiger partial charge in [0, 0.05) is 12.8 Å². The molecule has 1 amide bonds. The lowest BCUT2D eigenvalue weighted by Gasteiger charge is -2.26. The van der Waals surface area contributed by atoms with Crippen molar-refractivity contribution in [3.8, 4) is 0 Å². The second-order valence-electron chi connectivity index (χ2n) is 7.51. The van der Waals surface area contributed by atoms with Gasteiger partial charge in [0.15, 0.2) is 6.73 Å². The molecule has 2 atom stereocenters. The Hall–Kier alpha value is -1.85. The van der Waals surface area contributed by atoms with E-state index in [2.05, 4.69) is 0 Å². The first kappa shape index (κ1) is 20.9. The number of nitrogens with zero attached hydrogens (tertiary/aromatic N) is 1. The number of amides is 1. The van der Waals surface area contributed by atoms with Crippen LogP contribution in [0.4, 0.5) is 4.79 Å². The van der Waals surface area contributed by atoms with Crippen molar-refractivity contribution in [2.75, 3.05) is 19.6 Å². The molecule has 1 saturated heterocycles. The number of esters is 1. The lowest BCUT2D eigenvalue weighted by atomic mass is 9.98. The zero-order valence-corrected chi connectivity index (χ0v) is 17.1. The van der Waals surface area contributed by atoms with Crippen molar-refractivity contribution in [3.63, 3.8) is 0 Å². The average molecular weight is 409 g/mol. The Morgan fingerprint density at radius 1 is 1.21 bits per heavy atom. The molecule has 1 aromatic rings. The summed E-state index contributed by atoms with van der Waals surface area (Å²) in [5.41, 5.74) is 0.859. The first-order chi connectivity index (χ1) is 13.4. The van der Waals surface area contributed by atoms with Crippen molar-refractivity contribution < 1.29 is 28.2 Å². The van der Waals surface area contributed by atoms with E-state index < -0.39 is 25.5 Å². The van der Waals surface area contributed by atoms with Gasteiger partial charge in [0.1, 0.15) is 12.6 Å². The minimum absolute atomic E-state index is 0.0343. The summed E-state index contributed by atoms with van der Waals surface area (Å²) in [6, 6.07) is 8.52. The molecule has 1 aromatic carbocycles. The molecular formula is C20H28NO6P. The number of benzene rings is 1. The van der Waals surface area contributed by atoms with Gasteiger partial charge in [-0.15, -0.1) is 0 Å². The van der Waals surface area contributed by atoms with E-state index in [4.69, 9.17) is 14.0 Å². The lowest BCUT2D eigenvalue weighted by Crippen LogP contribution is -2.39. The first-order valence-corrected chi connectivity index (χ1v) is 12.1. The van der Waals surface area contributed by atoms with E-state index in [1.54, 1.807) is 6.66 Å². The van der Waals surface area contributed by atoms with Crippen molar-refractivity contribution in [3.05, 3.63) is 35.9 Å². The van der Waals surface area contributed by atoms with Gasteiger partial charge >= 0.3 is 12.1 Å². The Balaban J connectivity index is 1.51. The van der Waals surface area contributed by atoms with Crippen LogP contribution in [0, 0.1) is 0 Å². The van der Waals surface area contributed by atoms with Crippen LogP contribution in [0.3, 0.4) is 0 Å². The molecule has 3 rings (SSSR count). The fraction of sp³-hybridized carbons (Fsp3) is 0.600. The van der Waals surface area contributed by atoms with E-state index in [1.807, 2.05) is 30.3 Å². The van der Waals surface area contributed by atoms with E-state index in [0.717, 1.165) is 31.2 Å². The lowest BCUT2D eigenvalue weighted by molar-refractivity contribution is -0.139. The van der Waals surface area contributed by atoms with Crippen molar-refractivity contribution >= 4 is 19.4 Å². The molecule has 1 saturated carbocycles. The van der Waals surface area contributed by atoms with Crippen LogP contribution in [-0.4, -0.2) is 48.7 Å². The third-order valence-electron chi connectivity index (χ3n) is 5.17. The average Bonchev–Trinajstić information content (AvgIpc) is 3.06. The summed E-state index contributed by atoms with van der Waals surface area (Å²) in [6.07, 6.45) is 5.14. The number of rotatable bonds is 7. The van der Waals surface area contributed by atoms with Crippen LogP contribution in [0.15, 0.2) is 30.3 Å². The monoisotopic (exact) mass is 409 g/mol. The molecule has 1 unspecified atom stereocenters. The van der Waals surface area contributed by atoms with Crippen LogP contribution in [0.1, 0.15) is 44.1 Å². The fourth-order valence-corrected chi connectivity index (χ4v) is 5.26. The standard InChI is InChI=1S/C20H28NO6P/c1-28(24,27-17-10-6-3-7-11-17)13-12-18-19(22)26-15-21(18)20(23)25-14-16-8-4-2-5-9-16/h2,4-5,8-9,17-18H,3,6-7,10-15H2,1H3/t18-,28?/m0/s1. The third-order valence-corrected chi connectivity index (χ3v) is 6.98. The molecule has 0 N–H and O–H groups in total. The summed E-state index contributed by atoms with van der Waals surface area (Å²) in [5.74, 6) is -0.491. The number of ether oxygens (including phenoxy) is 2. The minimum atomic E-state index is -2.85. The maximum atomic E-state index is 12.8. The predicted molar refractivity (Wildman–Crippen MR) is 104 cm³/mol. The summed E-state index contributed by atoms with van der Waals surface area (Å²) >= 11 is 0. The largest absolute Gasteiger partial charge is 0.444 e. The molecule has 1 aliphatic carbocycles. The van der Waals surface area contributed by atoms with Gasteiger partial charge in [0.05, 0.1) is 6.10 Å². The van der Waals surface area contributed by atoms with E-state index >= 15 is 0 Å². The zero-order chi connectivity index (χ0) is 20.0. The van der Waals surface area contributed by atoms with Crippen molar-refractivity contribution in [1.29, 1.82) is 0 Å². The normalized spacial score (nSPS) is 22.5. The van der Waals surface area contributed by atoms with Crippen LogP contribution in [0.2, 0.25) is 0 Å². The molecule has 2 aliphatic rings. The molecule has 8 heteroatoms. The minimum Gasteiger partial charge on any atom is -0.444 e. The summed E-state index contributed by atoms with van der Waals surface area (Å²) in [6.45, 7) is 1.59. The Morgan fingerprint density at radius 2 is 1.93 bits per heavy atom. The Morgan fingerprint density at radius 3 is 2.64 bits per heavy atom. The van der Waals surface area contributed by atoms with Gasteiger partial charge in [-0.1, -0.05) is 49.6 Å². The Labute approximate surface area is 165 Å². The van der Waals surface area contributed by atoms with Crippen LogP contribution in [-0.2, 0) is 30.0 Å². The van der Waals surface area contributed by atoms with Gasteiger partial charge in [0.2, 0.25) is 7.37 Å². The highest BCUT2D eigenvalue weighted by molar-refractivity contribution is 7.58. The van der Waals surface area contributed by atoms with Crippen LogP contribution >= 0.6 is 7.37 Å². The number of cyclic esters (lactones) is 1. The molecule has 0 spiro atoms. The van der Waals surface area contributed by atoms with E-state index in [1.165, 1.54) is 11.3 Å². The molecule has 28 heavy (non-hydrogen) atoms. The third kappa shape index (κ3) is 5.82. The van der Waals surface area contributed by atoms with Gasteiger partial charge in [0.25, 0.3) is 0 Å². The molecule has 0 radical (unpaired) electrons. The predicted octanol–water partition coefficient (Wildman–Crippen LogP) is 4.16. The van der Waals surface area contributed by atoms with Gasteiger partial charge in [-0.2, -0.15) is 0 Å². The maximum Gasteiger partial charge on any atom is 0.413 e. The molecular weight excluding hydrogens is 381 g/mol. The van der Waals surface area contributed by atoms with E-state index in [9.17, 15) is 14.2 Å². The molecule has 7 nitrogen and oxygen atoms in total. The maximum absolute atomic E-state index is 12.8. The quantitative estimate of drug-likeness (QED) is 0.497. The van der Waals surface area contributed by atoms with Crippen LogP contribution in [0.5, 0.6) is 0 Å². The van der Waals surface area contributed by atoms with Crippen molar-refractivity contribution in [1.82, 2.24) is 4.90 Å². The van der Waals surface area contributed by atoms with Gasteiger partial charge < -0.3 is 14.0 Å². The van der Waals surface area contributed by atoms with E-state index in [-0.39, 0.29) is 32.0 Å². The number of hydrogen-bond donors (Lipinski definition) is 0. The molecule has 1 heterocycles. The summed E-state index contributed by atoms with van der Waals surface area (Å²) < 4.78 is 29.0. The first-order valence-electron chi connectivity index (χ1n) is 9.83.